The van der Waals surface area contributed by atoms with Gasteiger partial charge in [-0.05, 0) is 23.2 Å². The molecule has 4 rings (SSSR count). The summed E-state index contributed by atoms with van der Waals surface area (Å²) in [5.41, 5.74) is 6.56. The molecule has 0 saturated carbocycles. The Morgan fingerprint density at radius 1 is 1.41 bits per heavy atom. The maximum absolute atomic E-state index is 13.3. The Kier molecular flexibility index (Phi) is 7.91. The molecule has 198 valence electrons. The van der Waals surface area contributed by atoms with Crippen LogP contribution >= 0.6 is 19.4 Å². The first-order chi connectivity index (χ1) is 17.6. The number of hydrogen-bond acceptors (Lipinski definition) is 10. The number of phosphoric ester groups is 1. The van der Waals surface area contributed by atoms with Crippen LogP contribution in [0, 0.1) is 5.92 Å². The molecule has 37 heavy (non-hydrogen) atoms. The van der Waals surface area contributed by atoms with Crippen molar-refractivity contribution in [2.24, 2.45) is 11.0 Å². The van der Waals surface area contributed by atoms with Crippen LogP contribution in [0.3, 0.4) is 0 Å². The number of H-pyrrole nitrogens is 1. The van der Waals surface area contributed by atoms with E-state index in [0.29, 0.717) is 17.0 Å². The second-order valence-electron chi connectivity index (χ2n) is 8.41. The Bertz CT molecular complexity index is 1390. The number of halogens is 1. The van der Waals surface area contributed by atoms with Crippen molar-refractivity contribution in [1.29, 1.82) is 0 Å². The van der Waals surface area contributed by atoms with Gasteiger partial charge in [0.25, 0.3) is 5.56 Å². The monoisotopic (exact) mass is 555 g/mol. The van der Waals surface area contributed by atoms with Crippen molar-refractivity contribution >= 4 is 25.4 Å². The molecule has 2 aromatic rings. The van der Waals surface area contributed by atoms with Gasteiger partial charge in [-0.1, -0.05) is 35.8 Å². The smallest absolute Gasteiger partial charge is 0.457 e. The molecule has 2 aliphatic rings. The van der Waals surface area contributed by atoms with E-state index in [0.717, 1.165) is 23.8 Å². The largest absolute Gasteiger partial charge is 0.475 e. The predicted octanol–water partition coefficient (Wildman–Crippen LogP) is 3.60. The molecule has 3 heterocycles. The first-order valence-electron chi connectivity index (χ1n) is 11.1. The lowest BCUT2D eigenvalue weighted by Gasteiger charge is -2.32. The zero-order valence-electron chi connectivity index (χ0n) is 19.7. The number of nitrogens with one attached hydrogen (secondary N) is 1. The number of aromatic amines is 1. The van der Waals surface area contributed by atoms with Crippen LogP contribution in [0.25, 0.3) is 10.4 Å². The SMILES string of the molecule is CC(=O)O[C@H]1[C@H](n2ccc(=O)[nH]c2=O)O[C@@](CO[P@@]2(=O)OCC[C@@H](c3cccc(Cl)c3)O2)(N=[N+]=[N-])[C@H]1C. The fourth-order valence-electron chi connectivity index (χ4n) is 4.15. The molecule has 0 unspecified atom stereocenters. The maximum Gasteiger partial charge on any atom is 0.475 e. The summed E-state index contributed by atoms with van der Waals surface area (Å²) in [7, 11) is -4.18. The first-order valence-corrected chi connectivity index (χ1v) is 13.0. The predicted molar refractivity (Wildman–Crippen MR) is 127 cm³/mol. The van der Waals surface area contributed by atoms with E-state index in [-0.39, 0.29) is 6.61 Å². The molecule has 14 nitrogen and oxygen atoms in total. The molecule has 2 aliphatic heterocycles. The number of ether oxygens (including phenoxy) is 2. The minimum Gasteiger partial charge on any atom is -0.457 e. The highest BCUT2D eigenvalue weighted by molar-refractivity contribution is 7.48. The lowest BCUT2D eigenvalue weighted by atomic mass is 9.95. The highest BCUT2D eigenvalue weighted by Crippen LogP contribution is 2.58. The summed E-state index contributed by atoms with van der Waals surface area (Å²) >= 11 is 6.06. The van der Waals surface area contributed by atoms with E-state index in [1.54, 1.807) is 24.3 Å². The van der Waals surface area contributed by atoms with Crippen LogP contribution in [-0.2, 0) is 32.4 Å². The molecule has 1 aromatic carbocycles. The number of esters is 1. The van der Waals surface area contributed by atoms with E-state index in [1.165, 1.54) is 6.92 Å². The van der Waals surface area contributed by atoms with Crippen LogP contribution in [0.5, 0.6) is 0 Å². The lowest BCUT2D eigenvalue weighted by Crippen LogP contribution is -2.40. The van der Waals surface area contributed by atoms with Gasteiger partial charge in [0.1, 0.15) is 0 Å². The van der Waals surface area contributed by atoms with Crippen molar-refractivity contribution in [3.05, 3.63) is 78.4 Å². The van der Waals surface area contributed by atoms with Crippen LogP contribution in [-0.4, -0.2) is 40.6 Å². The molecule has 0 aliphatic carbocycles. The third-order valence-electron chi connectivity index (χ3n) is 5.99. The fraction of sp³-hybridized carbons (Fsp3) is 0.476. The number of rotatable bonds is 7. The minimum atomic E-state index is -4.18. The molecule has 0 radical (unpaired) electrons. The van der Waals surface area contributed by atoms with E-state index in [1.807, 2.05) is 0 Å². The quantitative estimate of drug-likeness (QED) is 0.175. The lowest BCUT2D eigenvalue weighted by molar-refractivity contribution is -0.155. The summed E-state index contributed by atoms with van der Waals surface area (Å²) in [5.74, 6) is -1.60. The van der Waals surface area contributed by atoms with Gasteiger partial charge < -0.3 is 9.47 Å². The summed E-state index contributed by atoms with van der Waals surface area (Å²) in [4.78, 5) is 40.7. The molecule has 0 spiro atoms. The Morgan fingerprint density at radius 2 is 2.19 bits per heavy atom. The topological polar surface area (TPSA) is 184 Å². The molecule has 0 bridgehead atoms. The number of carbonyl (C=O) groups is 1. The second-order valence-corrected chi connectivity index (χ2v) is 10.5. The van der Waals surface area contributed by atoms with Crippen molar-refractivity contribution in [1.82, 2.24) is 9.55 Å². The Hall–Kier alpha value is -2.96. The molecule has 1 N–H and O–H groups in total. The number of nitrogens with zero attached hydrogens (tertiary/aromatic N) is 4. The Labute approximate surface area is 214 Å². The number of carbonyl (C=O) groups excluding carboxylic acids is 1. The summed E-state index contributed by atoms with van der Waals surface area (Å²) in [6, 6.07) is 7.91. The van der Waals surface area contributed by atoms with Gasteiger partial charge in [-0.25, -0.2) is 9.36 Å². The average molecular weight is 556 g/mol. The van der Waals surface area contributed by atoms with Gasteiger partial charge in [0.05, 0.1) is 19.3 Å². The van der Waals surface area contributed by atoms with E-state index in [9.17, 15) is 24.5 Å². The zero-order chi connectivity index (χ0) is 26.8. The van der Waals surface area contributed by atoms with Crippen molar-refractivity contribution < 1.29 is 32.4 Å². The Morgan fingerprint density at radius 3 is 2.86 bits per heavy atom. The van der Waals surface area contributed by atoms with Gasteiger partial charge >= 0.3 is 19.5 Å². The van der Waals surface area contributed by atoms with Gasteiger partial charge in [0, 0.05) is 41.5 Å². The first kappa shape index (κ1) is 27.1. The summed E-state index contributed by atoms with van der Waals surface area (Å²) in [6.07, 6.45) is -1.58. The van der Waals surface area contributed by atoms with E-state index in [4.69, 9.17) is 34.6 Å². The standard InChI is InChI=1S/C21H23ClN5O9P/c1-12-18(34-13(2)28)19(27-8-6-17(29)24-20(27)30)35-21(12,25-26-23)11-33-37(31)32-9-7-16(36-37)14-4-3-5-15(22)10-14/h3-6,8,10,12,16,18-19H,7,9,11H2,1-2H3,(H,24,29,30)/t12-,16-,18+,19+,21+,37+/m0/s1. The van der Waals surface area contributed by atoms with E-state index < -0.39 is 61.7 Å². The fourth-order valence-corrected chi connectivity index (χ4v) is 5.76. The van der Waals surface area contributed by atoms with Gasteiger partial charge in [0.15, 0.2) is 18.1 Å². The van der Waals surface area contributed by atoms with Gasteiger partial charge in [-0.15, -0.1) is 0 Å². The van der Waals surface area contributed by atoms with Crippen molar-refractivity contribution in [3.8, 4) is 0 Å². The van der Waals surface area contributed by atoms with E-state index >= 15 is 0 Å². The van der Waals surface area contributed by atoms with Crippen LogP contribution < -0.4 is 11.2 Å². The number of benzene rings is 1. The Balaban J connectivity index is 1.61. The third kappa shape index (κ3) is 5.81. The zero-order valence-corrected chi connectivity index (χ0v) is 21.3. The summed E-state index contributed by atoms with van der Waals surface area (Å²) in [5, 5.41) is 4.20. The average Bonchev–Trinajstić information content (AvgIpc) is 3.09. The van der Waals surface area contributed by atoms with Crippen molar-refractivity contribution in [3.63, 3.8) is 0 Å². The second kappa shape index (κ2) is 10.8. The van der Waals surface area contributed by atoms with Crippen LogP contribution in [0.15, 0.2) is 51.2 Å². The minimum absolute atomic E-state index is 0.0465. The summed E-state index contributed by atoms with van der Waals surface area (Å²) < 4.78 is 42.2. The van der Waals surface area contributed by atoms with Crippen LogP contribution in [0.1, 0.15) is 38.2 Å². The molecule has 2 fully saturated rings. The molecular formula is C21H23ClN5O9P. The van der Waals surface area contributed by atoms with Crippen molar-refractivity contribution in [2.45, 2.75) is 44.4 Å². The number of phosphoric acid groups is 1. The van der Waals surface area contributed by atoms with Gasteiger partial charge in [-0.3, -0.25) is 32.7 Å². The normalized spacial score (nSPS) is 31.4. The molecular weight excluding hydrogens is 533 g/mol. The van der Waals surface area contributed by atoms with E-state index in [2.05, 4.69) is 15.0 Å². The number of azide groups is 1. The highest BCUT2D eigenvalue weighted by atomic mass is 35.5. The van der Waals surface area contributed by atoms with Crippen molar-refractivity contribution in [2.75, 3.05) is 13.2 Å². The molecule has 16 heteroatoms. The van der Waals surface area contributed by atoms with Gasteiger partial charge in [-0.2, -0.15) is 0 Å². The molecule has 6 atom stereocenters. The van der Waals surface area contributed by atoms with Crippen LogP contribution in [0.4, 0.5) is 0 Å². The number of aromatic nitrogens is 2. The number of hydrogen-bond donors (Lipinski definition) is 1. The highest BCUT2D eigenvalue weighted by Gasteiger charge is 2.57. The van der Waals surface area contributed by atoms with Gasteiger partial charge in [0.2, 0.25) is 0 Å². The molecule has 0 amide bonds. The summed E-state index contributed by atoms with van der Waals surface area (Å²) in [6.45, 7) is 2.10. The maximum atomic E-state index is 13.3. The third-order valence-corrected chi connectivity index (χ3v) is 7.68. The molecule has 2 saturated heterocycles. The molecule has 1 aromatic heterocycles. The van der Waals surface area contributed by atoms with Crippen LogP contribution in [0.2, 0.25) is 5.02 Å².